The highest BCUT2D eigenvalue weighted by atomic mass is 16.5. The van der Waals surface area contributed by atoms with Crippen LogP contribution in [0.1, 0.15) is 39.0 Å². The first-order valence-corrected chi connectivity index (χ1v) is 8.09. The fourth-order valence-electron chi connectivity index (χ4n) is 3.06. The summed E-state index contributed by atoms with van der Waals surface area (Å²) in [5.41, 5.74) is 6.40. The number of nitrogens with zero attached hydrogens (tertiary/aromatic N) is 1. The van der Waals surface area contributed by atoms with E-state index in [1.54, 1.807) is 6.07 Å². The minimum absolute atomic E-state index is 0.316. The number of nitrogen functional groups attached to an aromatic ring is 1. The van der Waals surface area contributed by atoms with Gasteiger partial charge in [0.25, 0.3) is 0 Å². The van der Waals surface area contributed by atoms with Crippen molar-refractivity contribution in [1.82, 2.24) is 4.90 Å². The summed E-state index contributed by atoms with van der Waals surface area (Å²) in [5, 5.41) is 10.2. The summed E-state index contributed by atoms with van der Waals surface area (Å²) < 4.78 is 5.63. The Hall–Kier alpha value is -1.26. The second-order valence-corrected chi connectivity index (χ2v) is 5.94. The number of likely N-dealkylation sites (tertiary alicyclic amines) is 1. The molecule has 1 aromatic rings. The summed E-state index contributed by atoms with van der Waals surface area (Å²) in [6.45, 7) is 4.34. The molecule has 0 aliphatic carbocycles. The molecule has 1 aliphatic heterocycles. The molecule has 2 atom stereocenters. The molecular weight excluding hydrogens is 264 g/mol. The van der Waals surface area contributed by atoms with E-state index in [4.69, 9.17) is 10.5 Å². The third-order valence-corrected chi connectivity index (χ3v) is 4.22. The van der Waals surface area contributed by atoms with E-state index in [-0.39, 0.29) is 0 Å². The maximum Gasteiger partial charge on any atom is 0.121 e. The van der Waals surface area contributed by atoms with Crippen molar-refractivity contribution < 1.29 is 9.84 Å². The predicted molar refractivity (Wildman–Crippen MR) is 86.5 cm³/mol. The van der Waals surface area contributed by atoms with Gasteiger partial charge in [-0.05, 0) is 37.9 Å². The standard InChI is InChI=1S/C17H28N2O2/c1-2-15-8-4-3-5-10-19(15)12-16(20)13-21-17-9-6-7-14(18)11-17/h6-7,9,11,15-16,20H,2-5,8,10,12-13,18H2,1H3. The van der Waals surface area contributed by atoms with Crippen molar-refractivity contribution in [3.63, 3.8) is 0 Å². The van der Waals surface area contributed by atoms with Gasteiger partial charge in [0, 0.05) is 24.3 Å². The number of β-amino-alcohol motifs (C(OH)–C–C–N with tert-alkyl or cyclic N) is 1. The Morgan fingerprint density at radius 3 is 3.00 bits per heavy atom. The molecule has 0 radical (unpaired) electrons. The summed E-state index contributed by atoms with van der Waals surface area (Å²) in [6.07, 6.45) is 5.80. The average molecular weight is 292 g/mol. The quantitative estimate of drug-likeness (QED) is 0.791. The lowest BCUT2D eigenvalue weighted by atomic mass is 10.1. The fraction of sp³-hybridized carbons (Fsp3) is 0.647. The highest BCUT2D eigenvalue weighted by Crippen LogP contribution is 2.20. The molecule has 4 nitrogen and oxygen atoms in total. The van der Waals surface area contributed by atoms with Crippen LogP contribution in [0, 0.1) is 0 Å². The van der Waals surface area contributed by atoms with Crippen molar-refractivity contribution in [3.8, 4) is 5.75 Å². The zero-order chi connectivity index (χ0) is 15.1. The first-order valence-electron chi connectivity index (χ1n) is 8.09. The van der Waals surface area contributed by atoms with Crippen LogP contribution in [-0.4, -0.2) is 41.8 Å². The van der Waals surface area contributed by atoms with E-state index in [2.05, 4.69) is 11.8 Å². The van der Waals surface area contributed by atoms with Crippen molar-refractivity contribution >= 4 is 5.69 Å². The number of nitrogens with two attached hydrogens (primary N) is 1. The third-order valence-electron chi connectivity index (χ3n) is 4.22. The number of rotatable bonds is 6. The van der Waals surface area contributed by atoms with Gasteiger partial charge >= 0.3 is 0 Å². The largest absolute Gasteiger partial charge is 0.491 e. The molecule has 0 aromatic heterocycles. The van der Waals surface area contributed by atoms with Gasteiger partial charge in [-0.1, -0.05) is 25.8 Å². The molecule has 21 heavy (non-hydrogen) atoms. The van der Waals surface area contributed by atoms with Gasteiger partial charge in [-0.3, -0.25) is 4.90 Å². The van der Waals surface area contributed by atoms with Gasteiger partial charge in [0.15, 0.2) is 0 Å². The van der Waals surface area contributed by atoms with Crippen LogP contribution < -0.4 is 10.5 Å². The number of aliphatic hydroxyl groups is 1. The Balaban J connectivity index is 1.81. The highest BCUT2D eigenvalue weighted by molar-refractivity contribution is 5.43. The van der Waals surface area contributed by atoms with Crippen LogP contribution in [0.25, 0.3) is 0 Å². The van der Waals surface area contributed by atoms with Crippen LogP contribution in [0.5, 0.6) is 5.75 Å². The Labute approximate surface area is 127 Å². The van der Waals surface area contributed by atoms with Crippen LogP contribution in [-0.2, 0) is 0 Å². The van der Waals surface area contributed by atoms with E-state index in [0.29, 0.717) is 24.9 Å². The van der Waals surface area contributed by atoms with Gasteiger partial charge in [0.05, 0.1) is 0 Å². The van der Waals surface area contributed by atoms with Crippen molar-refractivity contribution in [3.05, 3.63) is 24.3 Å². The van der Waals surface area contributed by atoms with Gasteiger partial charge in [-0.25, -0.2) is 0 Å². The van der Waals surface area contributed by atoms with Gasteiger partial charge in [-0.15, -0.1) is 0 Å². The summed E-state index contributed by atoms with van der Waals surface area (Å²) in [5.74, 6) is 0.719. The summed E-state index contributed by atoms with van der Waals surface area (Å²) >= 11 is 0. The topological polar surface area (TPSA) is 58.7 Å². The number of benzene rings is 1. The molecule has 3 N–H and O–H groups in total. The highest BCUT2D eigenvalue weighted by Gasteiger charge is 2.21. The lowest BCUT2D eigenvalue weighted by Crippen LogP contribution is -2.41. The Kier molecular flexibility index (Phi) is 6.33. The molecule has 2 unspecified atom stereocenters. The van der Waals surface area contributed by atoms with Crippen molar-refractivity contribution in [2.45, 2.75) is 51.2 Å². The van der Waals surface area contributed by atoms with Gasteiger partial charge in [-0.2, -0.15) is 0 Å². The third kappa shape index (κ3) is 5.21. The van der Waals surface area contributed by atoms with Gasteiger partial charge < -0.3 is 15.6 Å². The molecule has 0 amide bonds. The molecule has 1 saturated heterocycles. The average Bonchev–Trinajstić information content (AvgIpc) is 2.70. The van der Waals surface area contributed by atoms with Crippen LogP contribution in [0.4, 0.5) is 5.69 Å². The maximum absolute atomic E-state index is 10.2. The van der Waals surface area contributed by atoms with E-state index in [1.807, 2.05) is 18.2 Å². The Morgan fingerprint density at radius 1 is 1.38 bits per heavy atom. The molecule has 0 saturated carbocycles. The van der Waals surface area contributed by atoms with E-state index >= 15 is 0 Å². The molecule has 0 bridgehead atoms. The SMILES string of the molecule is CCC1CCCCCN1CC(O)COc1cccc(N)c1. The number of hydrogen-bond donors (Lipinski definition) is 2. The van der Waals surface area contributed by atoms with Gasteiger partial charge in [0.2, 0.25) is 0 Å². The summed E-state index contributed by atoms with van der Waals surface area (Å²) in [6, 6.07) is 7.94. The monoisotopic (exact) mass is 292 g/mol. The first kappa shape index (κ1) is 16.1. The molecule has 0 spiro atoms. The Bertz CT molecular complexity index is 425. The number of hydrogen-bond acceptors (Lipinski definition) is 4. The van der Waals surface area contributed by atoms with Crippen molar-refractivity contribution in [2.75, 3.05) is 25.4 Å². The molecule has 2 rings (SSSR count). The molecule has 118 valence electrons. The van der Waals surface area contributed by atoms with E-state index in [9.17, 15) is 5.11 Å². The number of ether oxygens (including phenoxy) is 1. The van der Waals surface area contributed by atoms with Crippen LogP contribution in [0.15, 0.2) is 24.3 Å². The zero-order valence-electron chi connectivity index (χ0n) is 13.0. The van der Waals surface area contributed by atoms with E-state index < -0.39 is 6.10 Å². The minimum Gasteiger partial charge on any atom is -0.491 e. The molecule has 4 heteroatoms. The normalized spacial score (nSPS) is 21.7. The number of aliphatic hydroxyl groups excluding tert-OH is 1. The lowest BCUT2D eigenvalue weighted by Gasteiger charge is -2.30. The van der Waals surface area contributed by atoms with Crippen LogP contribution >= 0.6 is 0 Å². The lowest BCUT2D eigenvalue weighted by molar-refractivity contribution is 0.0521. The first-order chi connectivity index (χ1) is 10.2. The predicted octanol–water partition coefficient (Wildman–Crippen LogP) is 2.66. The summed E-state index contributed by atoms with van der Waals surface area (Å²) in [4.78, 5) is 2.43. The molecular formula is C17H28N2O2. The minimum atomic E-state index is -0.460. The molecule has 1 aliphatic rings. The molecule has 1 fully saturated rings. The second-order valence-electron chi connectivity index (χ2n) is 5.94. The second kappa shape index (κ2) is 8.25. The van der Waals surface area contributed by atoms with Gasteiger partial charge in [0.1, 0.15) is 18.5 Å². The van der Waals surface area contributed by atoms with E-state index in [0.717, 1.165) is 18.7 Å². The molecule has 1 aromatic carbocycles. The zero-order valence-corrected chi connectivity index (χ0v) is 13.0. The maximum atomic E-state index is 10.2. The van der Waals surface area contributed by atoms with Crippen LogP contribution in [0.2, 0.25) is 0 Å². The molecule has 1 heterocycles. The summed E-state index contributed by atoms with van der Waals surface area (Å²) in [7, 11) is 0. The fourth-order valence-corrected chi connectivity index (χ4v) is 3.06. The van der Waals surface area contributed by atoms with Crippen molar-refractivity contribution in [1.29, 1.82) is 0 Å². The smallest absolute Gasteiger partial charge is 0.121 e. The Morgan fingerprint density at radius 2 is 2.24 bits per heavy atom. The van der Waals surface area contributed by atoms with Crippen molar-refractivity contribution in [2.24, 2.45) is 0 Å². The van der Waals surface area contributed by atoms with Crippen LogP contribution in [0.3, 0.4) is 0 Å². The number of anilines is 1. The van der Waals surface area contributed by atoms with E-state index in [1.165, 1.54) is 25.7 Å².